The van der Waals surface area contributed by atoms with Crippen LogP contribution < -0.4 is 0 Å². The first-order valence-electron chi connectivity index (χ1n) is 4.64. The lowest BCUT2D eigenvalue weighted by Crippen LogP contribution is -1.99. The minimum absolute atomic E-state index is 0.135. The van der Waals surface area contributed by atoms with Crippen LogP contribution in [-0.4, -0.2) is 0 Å². The zero-order valence-corrected chi connectivity index (χ0v) is 7.98. The van der Waals surface area contributed by atoms with Gasteiger partial charge in [-0.3, -0.25) is 0 Å². The highest BCUT2D eigenvalue weighted by atomic mass is 19.1. The van der Waals surface area contributed by atoms with Crippen molar-refractivity contribution in [2.45, 2.75) is 32.6 Å². The maximum Gasteiger partial charge on any atom is 0.126 e. The van der Waals surface area contributed by atoms with Gasteiger partial charge in [0.15, 0.2) is 0 Å². The van der Waals surface area contributed by atoms with Crippen molar-refractivity contribution in [1.29, 1.82) is 0 Å². The van der Waals surface area contributed by atoms with Crippen LogP contribution in [0.25, 0.3) is 0 Å². The van der Waals surface area contributed by atoms with Gasteiger partial charge in [-0.15, -0.1) is 0 Å². The van der Waals surface area contributed by atoms with Gasteiger partial charge in [0.1, 0.15) is 11.6 Å². The maximum atomic E-state index is 13.2. The van der Waals surface area contributed by atoms with Gasteiger partial charge in [0.2, 0.25) is 0 Å². The predicted molar refractivity (Wildman–Crippen MR) is 49.7 cm³/mol. The van der Waals surface area contributed by atoms with Gasteiger partial charge in [0.05, 0.1) is 0 Å². The van der Waals surface area contributed by atoms with E-state index in [-0.39, 0.29) is 17.6 Å². The van der Waals surface area contributed by atoms with Gasteiger partial charge < -0.3 is 0 Å². The van der Waals surface area contributed by atoms with E-state index in [0.717, 1.165) is 18.9 Å². The Kier molecular flexibility index (Phi) is 3.40. The van der Waals surface area contributed by atoms with Gasteiger partial charge >= 0.3 is 0 Å². The van der Waals surface area contributed by atoms with Crippen molar-refractivity contribution in [1.82, 2.24) is 0 Å². The average Bonchev–Trinajstić information content (AvgIpc) is 2.13. The highest BCUT2D eigenvalue weighted by molar-refractivity contribution is 5.22. The molecule has 2 heteroatoms. The molecule has 0 aromatic heterocycles. The summed E-state index contributed by atoms with van der Waals surface area (Å²) in [5, 5.41) is 0. The van der Waals surface area contributed by atoms with Gasteiger partial charge in [-0.25, -0.2) is 8.78 Å². The monoisotopic (exact) mass is 184 g/mol. The van der Waals surface area contributed by atoms with E-state index in [4.69, 9.17) is 0 Å². The normalized spacial score (nSPS) is 10.8. The molecule has 0 unspecified atom stereocenters. The minimum Gasteiger partial charge on any atom is -0.207 e. The van der Waals surface area contributed by atoms with Crippen LogP contribution in [0.5, 0.6) is 0 Å². The topological polar surface area (TPSA) is 0 Å². The summed E-state index contributed by atoms with van der Waals surface area (Å²) in [5.74, 6) is -0.519. The summed E-state index contributed by atoms with van der Waals surface area (Å²) in [6.45, 7) is 3.97. The van der Waals surface area contributed by atoms with Crippen LogP contribution in [0.4, 0.5) is 8.78 Å². The highest BCUT2D eigenvalue weighted by Crippen LogP contribution is 2.25. The number of halogens is 2. The zero-order valence-electron chi connectivity index (χ0n) is 7.98. The van der Waals surface area contributed by atoms with Crippen LogP contribution in [-0.2, 0) is 0 Å². The van der Waals surface area contributed by atoms with Crippen molar-refractivity contribution >= 4 is 0 Å². The molecule has 0 saturated carbocycles. The van der Waals surface area contributed by atoms with E-state index in [1.165, 1.54) is 12.1 Å². The fraction of sp³-hybridized carbons (Fsp3) is 0.455. The van der Waals surface area contributed by atoms with Crippen molar-refractivity contribution in [3.05, 3.63) is 35.4 Å². The molecule has 1 aromatic carbocycles. The molecular formula is C11H14F2. The third-order valence-corrected chi connectivity index (χ3v) is 2.38. The summed E-state index contributed by atoms with van der Waals surface area (Å²) in [4.78, 5) is 0. The molecule has 0 heterocycles. The van der Waals surface area contributed by atoms with Crippen molar-refractivity contribution in [2.75, 3.05) is 0 Å². The van der Waals surface area contributed by atoms with E-state index >= 15 is 0 Å². The SMILES string of the molecule is CCC(CC)c1cc(F)ccc1F. The first-order chi connectivity index (χ1) is 6.19. The molecule has 0 N–H and O–H groups in total. The quantitative estimate of drug-likeness (QED) is 0.669. The standard InChI is InChI=1S/C11H14F2/c1-3-8(4-2)10-7-9(12)5-6-11(10)13/h5-8H,3-4H2,1-2H3. The molecule has 0 bridgehead atoms. The Balaban J connectivity index is 3.03. The number of benzene rings is 1. The van der Waals surface area contributed by atoms with Crippen molar-refractivity contribution < 1.29 is 8.78 Å². The molecule has 0 atom stereocenters. The first kappa shape index (κ1) is 10.2. The molecule has 0 saturated heterocycles. The third kappa shape index (κ3) is 2.27. The summed E-state index contributed by atoms with van der Waals surface area (Å²) in [5.41, 5.74) is 0.505. The van der Waals surface area contributed by atoms with Crippen LogP contribution >= 0.6 is 0 Å². The second-order valence-corrected chi connectivity index (χ2v) is 3.18. The zero-order chi connectivity index (χ0) is 9.84. The molecule has 0 nitrogen and oxygen atoms in total. The fourth-order valence-electron chi connectivity index (χ4n) is 1.56. The Labute approximate surface area is 77.6 Å². The van der Waals surface area contributed by atoms with E-state index in [9.17, 15) is 8.78 Å². The third-order valence-electron chi connectivity index (χ3n) is 2.38. The van der Waals surface area contributed by atoms with Gasteiger partial charge in [0.25, 0.3) is 0 Å². The molecule has 72 valence electrons. The smallest absolute Gasteiger partial charge is 0.126 e. The largest absolute Gasteiger partial charge is 0.207 e. The lowest BCUT2D eigenvalue weighted by Gasteiger charge is -2.13. The van der Waals surface area contributed by atoms with Gasteiger partial charge in [0, 0.05) is 0 Å². The lowest BCUT2D eigenvalue weighted by molar-refractivity contribution is 0.543. The second kappa shape index (κ2) is 4.35. The van der Waals surface area contributed by atoms with Crippen LogP contribution in [0.3, 0.4) is 0 Å². The van der Waals surface area contributed by atoms with E-state index < -0.39 is 0 Å². The summed E-state index contributed by atoms with van der Waals surface area (Å²) in [7, 11) is 0. The minimum atomic E-state index is -0.358. The molecule has 0 aliphatic carbocycles. The van der Waals surface area contributed by atoms with Crippen molar-refractivity contribution in [2.24, 2.45) is 0 Å². The molecule has 0 aliphatic rings. The highest BCUT2D eigenvalue weighted by Gasteiger charge is 2.12. The molecule has 0 radical (unpaired) electrons. The maximum absolute atomic E-state index is 13.2. The fourth-order valence-corrected chi connectivity index (χ4v) is 1.56. The Bertz CT molecular complexity index is 277. The van der Waals surface area contributed by atoms with Crippen LogP contribution in [0, 0.1) is 11.6 Å². The summed E-state index contributed by atoms with van der Waals surface area (Å²) in [6.07, 6.45) is 1.69. The second-order valence-electron chi connectivity index (χ2n) is 3.18. The Morgan fingerprint density at radius 2 is 1.77 bits per heavy atom. The Hall–Kier alpha value is -0.920. The van der Waals surface area contributed by atoms with E-state index in [2.05, 4.69) is 0 Å². The molecule has 13 heavy (non-hydrogen) atoms. The molecule has 1 aromatic rings. The number of rotatable bonds is 3. The Morgan fingerprint density at radius 1 is 1.15 bits per heavy atom. The van der Waals surface area contributed by atoms with Crippen LogP contribution in [0.15, 0.2) is 18.2 Å². The molecular weight excluding hydrogens is 170 g/mol. The summed E-state index contributed by atoms with van der Waals surface area (Å²) >= 11 is 0. The van der Waals surface area contributed by atoms with Gasteiger partial charge in [-0.2, -0.15) is 0 Å². The number of hydrogen-bond acceptors (Lipinski definition) is 0. The van der Waals surface area contributed by atoms with Gasteiger partial charge in [-0.05, 0) is 42.5 Å². The van der Waals surface area contributed by atoms with Crippen molar-refractivity contribution in [3.63, 3.8) is 0 Å². The molecule has 0 aliphatic heterocycles. The first-order valence-corrected chi connectivity index (χ1v) is 4.64. The summed E-state index contributed by atoms with van der Waals surface area (Å²) < 4.78 is 26.0. The van der Waals surface area contributed by atoms with E-state index in [1.54, 1.807) is 0 Å². The molecule has 1 rings (SSSR count). The average molecular weight is 184 g/mol. The number of hydrogen-bond donors (Lipinski definition) is 0. The summed E-state index contributed by atoms with van der Waals surface area (Å²) in [6, 6.07) is 3.65. The van der Waals surface area contributed by atoms with Crippen molar-refractivity contribution in [3.8, 4) is 0 Å². The van der Waals surface area contributed by atoms with Crippen LogP contribution in [0.1, 0.15) is 38.2 Å². The molecule has 0 fully saturated rings. The molecule has 0 spiro atoms. The molecule has 0 amide bonds. The van der Waals surface area contributed by atoms with E-state index in [1.807, 2.05) is 13.8 Å². The van der Waals surface area contributed by atoms with E-state index in [0.29, 0.717) is 5.56 Å². The lowest BCUT2D eigenvalue weighted by atomic mass is 9.93. The van der Waals surface area contributed by atoms with Crippen LogP contribution in [0.2, 0.25) is 0 Å². The Morgan fingerprint density at radius 3 is 2.31 bits per heavy atom. The predicted octanol–water partition coefficient (Wildman–Crippen LogP) is 3.87. The van der Waals surface area contributed by atoms with Gasteiger partial charge in [-0.1, -0.05) is 13.8 Å².